The highest BCUT2D eigenvalue weighted by atomic mass is 19.3. The number of hydrogen-bond donors (Lipinski definition) is 1. The van der Waals surface area contributed by atoms with Gasteiger partial charge in [-0.3, -0.25) is 4.79 Å². The number of rotatable bonds is 6. The first-order valence-electron chi connectivity index (χ1n) is 8.39. The van der Waals surface area contributed by atoms with Gasteiger partial charge in [-0.25, -0.2) is 0 Å². The lowest BCUT2D eigenvalue weighted by Gasteiger charge is -2.14. The van der Waals surface area contributed by atoms with E-state index in [1.165, 1.54) is 24.3 Å². The average Bonchev–Trinajstić information content (AvgIpc) is 2.67. The summed E-state index contributed by atoms with van der Waals surface area (Å²) in [5.41, 5.74) is 1.39. The van der Waals surface area contributed by atoms with Crippen LogP contribution in [0, 0.1) is 0 Å². The fourth-order valence-corrected chi connectivity index (χ4v) is 2.76. The van der Waals surface area contributed by atoms with Gasteiger partial charge in [-0.1, -0.05) is 24.3 Å². The zero-order valence-corrected chi connectivity index (χ0v) is 14.9. The molecule has 0 saturated heterocycles. The van der Waals surface area contributed by atoms with E-state index in [2.05, 4.69) is 10.1 Å². The average molecular weight is 371 g/mol. The molecular formula is C21H19F2NO3. The molecule has 0 aliphatic rings. The van der Waals surface area contributed by atoms with E-state index in [-0.39, 0.29) is 17.6 Å². The first-order valence-corrected chi connectivity index (χ1v) is 8.39. The van der Waals surface area contributed by atoms with Gasteiger partial charge in [-0.05, 0) is 59.7 Å². The molecular weight excluding hydrogens is 352 g/mol. The summed E-state index contributed by atoms with van der Waals surface area (Å²) in [5.74, 6) is 0.250. The van der Waals surface area contributed by atoms with Gasteiger partial charge in [0, 0.05) is 5.69 Å². The number of fused-ring (bicyclic) bond motifs is 1. The molecule has 0 bridgehead atoms. The van der Waals surface area contributed by atoms with Crippen molar-refractivity contribution in [3.05, 3.63) is 66.2 Å². The number of amides is 1. The molecule has 0 aromatic heterocycles. The third-order valence-corrected chi connectivity index (χ3v) is 4.31. The second-order valence-corrected chi connectivity index (χ2v) is 6.09. The quantitative estimate of drug-likeness (QED) is 0.648. The van der Waals surface area contributed by atoms with Gasteiger partial charge < -0.3 is 14.8 Å². The Bertz CT molecular complexity index is 942. The van der Waals surface area contributed by atoms with E-state index in [9.17, 15) is 13.6 Å². The predicted molar refractivity (Wildman–Crippen MR) is 101 cm³/mol. The second-order valence-electron chi connectivity index (χ2n) is 6.09. The van der Waals surface area contributed by atoms with Crippen LogP contribution in [0.3, 0.4) is 0 Å². The van der Waals surface area contributed by atoms with E-state index >= 15 is 0 Å². The molecule has 0 spiro atoms. The number of alkyl halides is 2. The zero-order valence-electron chi connectivity index (χ0n) is 14.9. The number of benzene rings is 3. The normalized spacial score (nSPS) is 12.0. The maximum absolute atomic E-state index is 12.5. The largest absolute Gasteiger partial charge is 0.497 e. The van der Waals surface area contributed by atoms with E-state index in [0.29, 0.717) is 5.69 Å². The van der Waals surface area contributed by atoms with E-state index in [1.54, 1.807) is 7.11 Å². The zero-order chi connectivity index (χ0) is 19.4. The molecule has 140 valence electrons. The molecule has 27 heavy (non-hydrogen) atoms. The highest BCUT2D eigenvalue weighted by Gasteiger charge is 2.16. The summed E-state index contributed by atoms with van der Waals surface area (Å²) in [7, 11) is 1.62. The van der Waals surface area contributed by atoms with Crippen LogP contribution in [0.4, 0.5) is 14.5 Å². The van der Waals surface area contributed by atoms with Crippen molar-refractivity contribution in [3.63, 3.8) is 0 Å². The predicted octanol–water partition coefficient (Wildman–Crippen LogP) is 5.19. The van der Waals surface area contributed by atoms with Crippen LogP contribution in [-0.4, -0.2) is 19.6 Å². The molecule has 0 aliphatic heterocycles. The highest BCUT2D eigenvalue weighted by Crippen LogP contribution is 2.26. The number of halogens is 2. The Morgan fingerprint density at radius 3 is 2.22 bits per heavy atom. The van der Waals surface area contributed by atoms with Crippen LogP contribution in [0.1, 0.15) is 18.4 Å². The molecule has 0 saturated carbocycles. The van der Waals surface area contributed by atoms with Crippen molar-refractivity contribution in [1.29, 1.82) is 0 Å². The van der Waals surface area contributed by atoms with Gasteiger partial charge in [0.2, 0.25) is 5.91 Å². The smallest absolute Gasteiger partial charge is 0.387 e. The van der Waals surface area contributed by atoms with Gasteiger partial charge in [-0.2, -0.15) is 8.78 Å². The molecule has 3 aromatic carbocycles. The number of ether oxygens (including phenoxy) is 2. The minimum absolute atomic E-state index is 0.0426. The monoisotopic (exact) mass is 371 g/mol. The fourth-order valence-electron chi connectivity index (χ4n) is 2.76. The number of carbonyl (C=O) groups excluding carboxylic acids is 1. The van der Waals surface area contributed by atoms with Crippen molar-refractivity contribution in [2.75, 3.05) is 12.4 Å². The van der Waals surface area contributed by atoms with Crippen molar-refractivity contribution < 1.29 is 23.0 Å². The molecule has 1 unspecified atom stereocenters. The van der Waals surface area contributed by atoms with Crippen LogP contribution in [0.15, 0.2) is 60.7 Å². The van der Waals surface area contributed by atoms with Crippen molar-refractivity contribution >= 4 is 22.4 Å². The lowest BCUT2D eigenvalue weighted by molar-refractivity contribution is -0.117. The topological polar surface area (TPSA) is 47.6 Å². The Hall–Kier alpha value is -3.15. The molecule has 0 aliphatic carbocycles. The molecule has 1 amide bonds. The molecule has 0 radical (unpaired) electrons. The molecule has 0 fully saturated rings. The second kappa shape index (κ2) is 8.03. The Morgan fingerprint density at radius 1 is 0.926 bits per heavy atom. The maximum atomic E-state index is 12.5. The number of nitrogens with one attached hydrogen (secondary N) is 1. The van der Waals surface area contributed by atoms with Crippen LogP contribution in [0.25, 0.3) is 10.8 Å². The van der Waals surface area contributed by atoms with Gasteiger partial charge in [0.15, 0.2) is 0 Å². The van der Waals surface area contributed by atoms with Gasteiger partial charge in [0.05, 0.1) is 13.0 Å². The first kappa shape index (κ1) is 18.6. The third-order valence-electron chi connectivity index (χ3n) is 4.31. The number of methoxy groups -OCH3 is 1. The lowest BCUT2D eigenvalue weighted by Crippen LogP contribution is -2.18. The summed E-state index contributed by atoms with van der Waals surface area (Å²) in [5, 5.41) is 4.83. The Balaban J connectivity index is 1.72. The van der Waals surface area contributed by atoms with Gasteiger partial charge in [0.25, 0.3) is 0 Å². The summed E-state index contributed by atoms with van der Waals surface area (Å²) < 4.78 is 33.9. The fraction of sp³-hybridized carbons (Fsp3) is 0.190. The molecule has 0 heterocycles. The minimum Gasteiger partial charge on any atom is -0.497 e. The summed E-state index contributed by atoms with van der Waals surface area (Å²) in [6.07, 6.45) is 0. The molecule has 3 rings (SSSR count). The van der Waals surface area contributed by atoms with E-state index in [4.69, 9.17) is 4.74 Å². The summed E-state index contributed by atoms with van der Waals surface area (Å²) in [6, 6.07) is 17.4. The third kappa shape index (κ3) is 4.53. The van der Waals surface area contributed by atoms with E-state index < -0.39 is 6.61 Å². The Kier molecular flexibility index (Phi) is 5.54. The summed E-state index contributed by atoms with van der Waals surface area (Å²) in [6.45, 7) is -1.06. The van der Waals surface area contributed by atoms with Crippen LogP contribution in [0.2, 0.25) is 0 Å². The standard InChI is InChI=1S/C21H19F2NO3/c1-13(14-3-4-16-12-19(26-2)8-5-15(16)11-14)20(25)24-17-6-9-18(10-7-17)27-21(22)23/h3-13,21H,1-2H3,(H,24,25). The molecule has 3 aromatic rings. The van der Waals surface area contributed by atoms with Crippen LogP contribution in [-0.2, 0) is 4.79 Å². The molecule has 1 N–H and O–H groups in total. The van der Waals surface area contributed by atoms with Gasteiger partial charge >= 0.3 is 6.61 Å². The van der Waals surface area contributed by atoms with Crippen molar-refractivity contribution in [1.82, 2.24) is 0 Å². The summed E-state index contributed by atoms with van der Waals surface area (Å²) in [4.78, 5) is 12.5. The number of anilines is 1. The SMILES string of the molecule is COc1ccc2cc(C(C)C(=O)Nc3ccc(OC(F)F)cc3)ccc2c1. The van der Waals surface area contributed by atoms with Crippen molar-refractivity contribution in [2.24, 2.45) is 0 Å². The highest BCUT2D eigenvalue weighted by molar-refractivity contribution is 5.96. The lowest BCUT2D eigenvalue weighted by atomic mass is 9.97. The Morgan fingerprint density at radius 2 is 1.56 bits per heavy atom. The number of hydrogen-bond acceptors (Lipinski definition) is 3. The molecule has 1 atom stereocenters. The van der Waals surface area contributed by atoms with Crippen molar-refractivity contribution in [2.45, 2.75) is 19.5 Å². The Labute approximate surface area is 155 Å². The molecule has 6 heteroatoms. The molecule has 4 nitrogen and oxygen atoms in total. The van der Waals surface area contributed by atoms with E-state index in [0.717, 1.165) is 22.1 Å². The van der Waals surface area contributed by atoms with E-state index in [1.807, 2.05) is 43.3 Å². The maximum Gasteiger partial charge on any atom is 0.387 e. The van der Waals surface area contributed by atoms with Crippen LogP contribution in [0.5, 0.6) is 11.5 Å². The van der Waals surface area contributed by atoms with Crippen LogP contribution < -0.4 is 14.8 Å². The first-order chi connectivity index (χ1) is 13.0. The van der Waals surface area contributed by atoms with Gasteiger partial charge in [0.1, 0.15) is 11.5 Å². The van der Waals surface area contributed by atoms with Gasteiger partial charge in [-0.15, -0.1) is 0 Å². The van der Waals surface area contributed by atoms with Crippen molar-refractivity contribution in [3.8, 4) is 11.5 Å². The summed E-state index contributed by atoms with van der Waals surface area (Å²) >= 11 is 0. The number of carbonyl (C=O) groups is 1. The van der Waals surface area contributed by atoms with Crippen LogP contribution >= 0.6 is 0 Å². The minimum atomic E-state index is -2.88.